The molecule has 1 aliphatic rings. The van der Waals surface area contributed by atoms with Crippen molar-refractivity contribution in [1.82, 2.24) is 4.90 Å². The summed E-state index contributed by atoms with van der Waals surface area (Å²) in [4.78, 5) is 38.1. The molecule has 0 aromatic heterocycles. The third-order valence-electron chi connectivity index (χ3n) is 4.52. The minimum absolute atomic E-state index is 0.160. The van der Waals surface area contributed by atoms with Crippen LogP contribution in [0, 0.1) is 0 Å². The summed E-state index contributed by atoms with van der Waals surface area (Å²) in [5.74, 6) is -0.689. The molecule has 0 aliphatic carbocycles. The van der Waals surface area contributed by atoms with Gasteiger partial charge in [0.2, 0.25) is 11.7 Å². The summed E-state index contributed by atoms with van der Waals surface area (Å²) in [6, 6.07) is 13.3. The van der Waals surface area contributed by atoms with E-state index < -0.39 is 12.1 Å². The summed E-state index contributed by atoms with van der Waals surface area (Å²) in [6.07, 6.45) is 0.591. The highest BCUT2D eigenvalue weighted by molar-refractivity contribution is 6.30. The number of likely N-dealkylation sites (tertiary alicyclic amines) is 1. The van der Waals surface area contributed by atoms with Crippen molar-refractivity contribution < 1.29 is 19.1 Å². The van der Waals surface area contributed by atoms with Crippen LogP contribution in [0.15, 0.2) is 48.5 Å². The van der Waals surface area contributed by atoms with E-state index >= 15 is 0 Å². The molecule has 0 saturated carbocycles. The number of benzene rings is 2. The Bertz CT molecular complexity index is 845. The Morgan fingerprint density at radius 3 is 2.30 bits per heavy atom. The number of halogens is 1. The molecule has 1 saturated heterocycles. The lowest BCUT2D eigenvalue weighted by Gasteiger charge is -2.16. The lowest BCUT2D eigenvalue weighted by molar-refractivity contribution is -0.128. The number of carbonyl (C=O) groups is 3. The third-order valence-corrected chi connectivity index (χ3v) is 4.77. The molecule has 1 atom stereocenters. The zero-order valence-electron chi connectivity index (χ0n) is 15.0. The van der Waals surface area contributed by atoms with E-state index in [1.54, 1.807) is 60.4 Å². The average Bonchev–Trinajstić information content (AvgIpc) is 3.07. The van der Waals surface area contributed by atoms with E-state index in [1.807, 2.05) is 0 Å². The number of esters is 1. The Morgan fingerprint density at radius 1 is 1.07 bits per heavy atom. The molecular weight excluding hydrogens is 366 g/mol. The van der Waals surface area contributed by atoms with Gasteiger partial charge >= 0.3 is 5.97 Å². The van der Waals surface area contributed by atoms with E-state index in [0.717, 1.165) is 18.5 Å². The minimum atomic E-state index is -0.902. The molecule has 1 amide bonds. The fourth-order valence-corrected chi connectivity index (χ4v) is 3.09. The molecular formula is C21H20ClNO4. The number of Topliss-reactive ketones (excluding diaryl/α,β-unsaturated/α-hetero) is 1. The largest absolute Gasteiger partial charge is 0.451 e. The molecule has 140 valence electrons. The molecule has 3 rings (SSSR count). The highest BCUT2D eigenvalue weighted by Gasteiger charge is 2.22. The summed E-state index contributed by atoms with van der Waals surface area (Å²) in [6.45, 7) is 2.86. The van der Waals surface area contributed by atoms with Gasteiger partial charge in [-0.3, -0.25) is 9.59 Å². The summed E-state index contributed by atoms with van der Waals surface area (Å²) in [7, 11) is 0. The molecule has 5 nitrogen and oxygen atoms in total. The van der Waals surface area contributed by atoms with Gasteiger partial charge in [0.15, 0.2) is 6.10 Å². The van der Waals surface area contributed by atoms with Crippen LogP contribution < -0.4 is 0 Å². The lowest BCUT2D eigenvalue weighted by Crippen LogP contribution is -2.25. The first-order valence-electron chi connectivity index (χ1n) is 8.81. The SMILES string of the molecule is C[C@H](OC(=O)c1ccc(CN2CCCC2=O)cc1)C(=O)c1ccc(Cl)cc1. The van der Waals surface area contributed by atoms with E-state index in [4.69, 9.17) is 16.3 Å². The van der Waals surface area contributed by atoms with E-state index in [0.29, 0.717) is 29.1 Å². The van der Waals surface area contributed by atoms with Crippen molar-refractivity contribution >= 4 is 29.3 Å². The Hall–Kier alpha value is -2.66. The number of ether oxygens (including phenoxy) is 1. The first kappa shape index (κ1) is 19.1. The second kappa shape index (κ2) is 8.35. The summed E-state index contributed by atoms with van der Waals surface area (Å²) >= 11 is 5.82. The maximum Gasteiger partial charge on any atom is 0.338 e. The Balaban J connectivity index is 1.59. The predicted octanol–water partition coefficient (Wildman–Crippen LogP) is 3.89. The molecule has 0 spiro atoms. The topological polar surface area (TPSA) is 63.7 Å². The predicted molar refractivity (Wildman–Crippen MR) is 102 cm³/mol. The first-order valence-corrected chi connectivity index (χ1v) is 9.19. The molecule has 1 aliphatic heterocycles. The molecule has 0 radical (unpaired) electrons. The van der Waals surface area contributed by atoms with Gasteiger partial charge in [-0.05, 0) is 55.3 Å². The van der Waals surface area contributed by atoms with Crippen LogP contribution in [0.3, 0.4) is 0 Å². The van der Waals surface area contributed by atoms with Crippen LogP contribution in [0.25, 0.3) is 0 Å². The number of ketones is 1. The van der Waals surface area contributed by atoms with Crippen molar-refractivity contribution in [3.05, 3.63) is 70.2 Å². The standard InChI is InChI=1S/C21H20ClNO4/c1-14(20(25)16-8-10-18(22)11-9-16)27-21(26)17-6-4-15(5-7-17)13-23-12-2-3-19(23)24/h4-11,14H,2-3,12-13H2,1H3/t14-/m0/s1. The number of amides is 1. The van der Waals surface area contributed by atoms with Crippen LogP contribution in [-0.4, -0.2) is 35.2 Å². The van der Waals surface area contributed by atoms with Gasteiger partial charge in [-0.15, -0.1) is 0 Å². The number of rotatable bonds is 6. The van der Waals surface area contributed by atoms with Crippen molar-refractivity contribution in [3.8, 4) is 0 Å². The Kier molecular flexibility index (Phi) is 5.91. The van der Waals surface area contributed by atoms with E-state index in [1.165, 1.54) is 0 Å². The second-order valence-electron chi connectivity index (χ2n) is 6.53. The van der Waals surface area contributed by atoms with Crippen molar-refractivity contribution in [1.29, 1.82) is 0 Å². The molecule has 0 bridgehead atoms. The van der Waals surface area contributed by atoms with Gasteiger partial charge in [-0.2, -0.15) is 0 Å². The van der Waals surface area contributed by atoms with Crippen molar-refractivity contribution in [2.24, 2.45) is 0 Å². The zero-order valence-corrected chi connectivity index (χ0v) is 15.7. The molecule has 27 heavy (non-hydrogen) atoms. The first-order chi connectivity index (χ1) is 12.9. The van der Waals surface area contributed by atoms with Gasteiger partial charge in [0.1, 0.15) is 0 Å². The fraction of sp³-hybridized carbons (Fsp3) is 0.286. The number of hydrogen-bond acceptors (Lipinski definition) is 4. The van der Waals surface area contributed by atoms with Gasteiger partial charge in [-0.1, -0.05) is 23.7 Å². The smallest absolute Gasteiger partial charge is 0.338 e. The molecule has 2 aromatic rings. The highest BCUT2D eigenvalue weighted by Crippen LogP contribution is 2.16. The molecule has 0 N–H and O–H groups in total. The van der Waals surface area contributed by atoms with Crippen LogP contribution in [0.5, 0.6) is 0 Å². The van der Waals surface area contributed by atoms with Crippen LogP contribution in [-0.2, 0) is 16.1 Å². The maximum atomic E-state index is 12.3. The number of nitrogens with zero attached hydrogens (tertiary/aromatic N) is 1. The fourth-order valence-electron chi connectivity index (χ4n) is 2.97. The summed E-state index contributed by atoms with van der Waals surface area (Å²) in [5, 5.41) is 0.534. The van der Waals surface area contributed by atoms with Gasteiger partial charge in [-0.25, -0.2) is 4.79 Å². The summed E-state index contributed by atoms with van der Waals surface area (Å²) < 4.78 is 5.29. The number of hydrogen-bond donors (Lipinski definition) is 0. The molecule has 1 heterocycles. The molecule has 2 aromatic carbocycles. The monoisotopic (exact) mass is 385 g/mol. The minimum Gasteiger partial charge on any atom is -0.451 e. The van der Waals surface area contributed by atoms with Crippen molar-refractivity contribution in [2.75, 3.05) is 6.54 Å². The van der Waals surface area contributed by atoms with Crippen molar-refractivity contribution in [2.45, 2.75) is 32.4 Å². The van der Waals surface area contributed by atoms with Crippen LogP contribution in [0.4, 0.5) is 0 Å². The Morgan fingerprint density at radius 2 is 1.70 bits per heavy atom. The molecule has 0 unspecified atom stereocenters. The van der Waals surface area contributed by atoms with Gasteiger partial charge < -0.3 is 9.64 Å². The quantitative estimate of drug-likeness (QED) is 0.559. The van der Waals surface area contributed by atoms with E-state index in [-0.39, 0.29) is 11.7 Å². The lowest BCUT2D eigenvalue weighted by atomic mass is 10.1. The normalized spacial score (nSPS) is 14.9. The van der Waals surface area contributed by atoms with Crippen LogP contribution >= 0.6 is 11.6 Å². The van der Waals surface area contributed by atoms with E-state index in [2.05, 4.69) is 0 Å². The van der Waals surface area contributed by atoms with E-state index in [9.17, 15) is 14.4 Å². The highest BCUT2D eigenvalue weighted by atomic mass is 35.5. The van der Waals surface area contributed by atoms with Crippen LogP contribution in [0.1, 0.15) is 46.0 Å². The Labute approximate surface area is 162 Å². The molecule has 1 fully saturated rings. The molecule has 6 heteroatoms. The van der Waals surface area contributed by atoms with Gasteiger partial charge in [0, 0.05) is 30.1 Å². The summed E-state index contributed by atoms with van der Waals surface area (Å²) in [5.41, 5.74) is 1.75. The maximum absolute atomic E-state index is 12.3. The van der Waals surface area contributed by atoms with Crippen molar-refractivity contribution in [3.63, 3.8) is 0 Å². The zero-order chi connectivity index (χ0) is 19.4. The van der Waals surface area contributed by atoms with Crippen LogP contribution in [0.2, 0.25) is 5.02 Å². The second-order valence-corrected chi connectivity index (χ2v) is 6.97. The average molecular weight is 386 g/mol. The number of carbonyl (C=O) groups excluding carboxylic acids is 3. The van der Waals surface area contributed by atoms with Gasteiger partial charge in [0.05, 0.1) is 5.56 Å². The van der Waals surface area contributed by atoms with Gasteiger partial charge in [0.25, 0.3) is 0 Å². The third kappa shape index (κ3) is 4.74.